The highest BCUT2D eigenvalue weighted by Crippen LogP contribution is 2.24. The predicted octanol–water partition coefficient (Wildman–Crippen LogP) is 2.08. The van der Waals surface area contributed by atoms with E-state index in [1.807, 2.05) is 30.3 Å². The SMILES string of the molecule is COC(=O)[C@H](Cc1ccccc1)NC(=O)C1CCCC1. The van der Waals surface area contributed by atoms with Gasteiger partial charge in [-0.2, -0.15) is 0 Å². The Balaban J connectivity index is 2.00. The molecule has 0 aliphatic heterocycles. The average Bonchev–Trinajstić information content (AvgIpc) is 3.01. The zero-order chi connectivity index (χ0) is 14.4. The lowest BCUT2D eigenvalue weighted by Gasteiger charge is -2.19. The van der Waals surface area contributed by atoms with Crippen LogP contribution in [0.4, 0.5) is 0 Å². The Morgan fingerprint density at radius 3 is 2.50 bits per heavy atom. The maximum atomic E-state index is 12.1. The van der Waals surface area contributed by atoms with Crippen LogP contribution in [0.5, 0.6) is 0 Å². The van der Waals surface area contributed by atoms with E-state index in [4.69, 9.17) is 4.74 Å². The molecule has 4 nitrogen and oxygen atoms in total. The Labute approximate surface area is 119 Å². The third kappa shape index (κ3) is 3.83. The molecule has 1 aromatic rings. The van der Waals surface area contributed by atoms with Crippen molar-refractivity contribution in [3.8, 4) is 0 Å². The molecule has 0 spiro atoms. The molecule has 1 saturated carbocycles. The molecule has 1 aliphatic carbocycles. The van der Waals surface area contributed by atoms with Crippen LogP contribution in [0, 0.1) is 5.92 Å². The van der Waals surface area contributed by atoms with Gasteiger partial charge in [-0.15, -0.1) is 0 Å². The highest BCUT2D eigenvalue weighted by molar-refractivity contribution is 5.86. The first kappa shape index (κ1) is 14.6. The Bertz CT molecular complexity index is 452. The van der Waals surface area contributed by atoms with E-state index in [0.29, 0.717) is 6.42 Å². The van der Waals surface area contributed by atoms with Gasteiger partial charge in [0.1, 0.15) is 6.04 Å². The Morgan fingerprint density at radius 2 is 1.90 bits per heavy atom. The third-order valence-electron chi connectivity index (χ3n) is 3.81. The molecule has 0 bridgehead atoms. The monoisotopic (exact) mass is 275 g/mol. The molecule has 1 atom stereocenters. The van der Waals surface area contributed by atoms with Gasteiger partial charge in [-0.3, -0.25) is 4.79 Å². The molecular weight excluding hydrogens is 254 g/mol. The quantitative estimate of drug-likeness (QED) is 0.837. The van der Waals surface area contributed by atoms with Gasteiger partial charge in [0.25, 0.3) is 0 Å². The van der Waals surface area contributed by atoms with Gasteiger partial charge in [-0.25, -0.2) is 4.79 Å². The Morgan fingerprint density at radius 1 is 1.25 bits per heavy atom. The number of methoxy groups -OCH3 is 1. The Kier molecular flexibility index (Phi) is 5.16. The lowest BCUT2D eigenvalue weighted by Crippen LogP contribution is -2.45. The van der Waals surface area contributed by atoms with Crippen molar-refractivity contribution in [1.82, 2.24) is 5.32 Å². The molecule has 0 aromatic heterocycles. The summed E-state index contributed by atoms with van der Waals surface area (Å²) in [6, 6.07) is 9.05. The first-order valence-corrected chi connectivity index (χ1v) is 7.13. The third-order valence-corrected chi connectivity index (χ3v) is 3.81. The summed E-state index contributed by atoms with van der Waals surface area (Å²) in [6.07, 6.45) is 4.50. The van der Waals surface area contributed by atoms with Gasteiger partial charge < -0.3 is 10.1 Å². The van der Waals surface area contributed by atoms with Crippen molar-refractivity contribution >= 4 is 11.9 Å². The van der Waals surface area contributed by atoms with Gasteiger partial charge in [-0.05, 0) is 18.4 Å². The second-order valence-electron chi connectivity index (χ2n) is 5.26. The topological polar surface area (TPSA) is 55.4 Å². The summed E-state index contributed by atoms with van der Waals surface area (Å²) in [7, 11) is 1.35. The molecule has 1 fully saturated rings. The highest BCUT2D eigenvalue weighted by Gasteiger charge is 2.28. The number of amides is 1. The first-order chi connectivity index (χ1) is 9.70. The van der Waals surface area contributed by atoms with Crippen LogP contribution in [0.2, 0.25) is 0 Å². The zero-order valence-corrected chi connectivity index (χ0v) is 11.8. The number of carbonyl (C=O) groups excluding carboxylic acids is 2. The predicted molar refractivity (Wildman–Crippen MR) is 76.1 cm³/mol. The van der Waals surface area contributed by atoms with Crippen LogP contribution in [-0.4, -0.2) is 25.0 Å². The minimum Gasteiger partial charge on any atom is -0.467 e. The number of nitrogens with one attached hydrogen (secondary N) is 1. The molecule has 0 saturated heterocycles. The van der Waals surface area contributed by atoms with Crippen molar-refractivity contribution in [3.63, 3.8) is 0 Å². The van der Waals surface area contributed by atoms with E-state index in [9.17, 15) is 9.59 Å². The van der Waals surface area contributed by atoms with Gasteiger partial charge >= 0.3 is 5.97 Å². The molecule has 1 aliphatic rings. The lowest BCUT2D eigenvalue weighted by atomic mass is 10.0. The minimum atomic E-state index is -0.601. The highest BCUT2D eigenvalue weighted by atomic mass is 16.5. The number of hydrogen-bond acceptors (Lipinski definition) is 3. The van der Waals surface area contributed by atoms with Gasteiger partial charge in [0.15, 0.2) is 0 Å². The largest absolute Gasteiger partial charge is 0.467 e. The first-order valence-electron chi connectivity index (χ1n) is 7.13. The summed E-state index contributed by atoms with van der Waals surface area (Å²) in [5, 5.41) is 2.84. The zero-order valence-electron chi connectivity index (χ0n) is 11.8. The number of benzene rings is 1. The van der Waals surface area contributed by atoms with E-state index >= 15 is 0 Å². The van der Waals surface area contributed by atoms with Crippen LogP contribution in [0.1, 0.15) is 31.2 Å². The molecular formula is C16H21NO3. The van der Waals surface area contributed by atoms with Crippen LogP contribution in [0.25, 0.3) is 0 Å². The van der Waals surface area contributed by atoms with Crippen LogP contribution in [0.3, 0.4) is 0 Å². The van der Waals surface area contributed by atoms with Gasteiger partial charge in [0.2, 0.25) is 5.91 Å². The second kappa shape index (κ2) is 7.08. The van der Waals surface area contributed by atoms with Crippen molar-refractivity contribution in [2.45, 2.75) is 38.1 Å². The van der Waals surface area contributed by atoms with Crippen LogP contribution in [0.15, 0.2) is 30.3 Å². The van der Waals surface area contributed by atoms with Gasteiger partial charge in [-0.1, -0.05) is 43.2 Å². The fourth-order valence-corrected chi connectivity index (χ4v) is 2.66. The van der Waals surface area contributed by atoms with Gasteiger partial charge in [0.05, 0.1) is 7.11 Å². The smallest absolute Gasteiger partial charge is 0.328 e. The molecule has 108 valence electrons. The number of rotatable bonds is 5. The van der Waals surface area contributed by atoms with Gasteiger partial charge in [0, 0.05) is 12.3 Å². The van der Waals surface area contributed by atoms with E-state index in [2.05, 4.69) is 5.32 Å². The normalized spacial score (nSPS) is 16.6. The van der Waals surface area contributed by atoms with E-state index in [1.54, 1.807) is 0 Å². The van der Waals surface area contributed by atoms with Crippen molar-refractivity contribution in [3.05, 3.63) is 35.9 Å². The molecule has 0 radical (unpaired) electrons. The molecule has 1 aromatic carbocycles. The fourth-order valence-electron chi connectivity index (χ4n) is 2.66. The molecule has 2 rings (SSSR count). The molecule has 20 heavy (non-hydrogen) atoms. The van der Waals surface area contributed by atoms with E-state index < -0.39 is 6.04 Å². The summed E-state index contributed by atoms with van der Waals surface area (Å²) in [6.45, 7) is 0. The summed E-state index contributed by atoms with van der Waals surface area (Å²) in [5.41, 5.74) is 1.01. The lowest BCUT2D eigenvalue weighted by molar-refractivity contribution is -0.145. The molecule has 4 heteroatoms. The maximum Gasteiger partial charge on any atom is 0.328 e. The second-order valence-corrected chi connectivity index (χ2v) is 5.26. The van der Waals surface area contributed by atoms with Crippen molar-refractivity contribution in [2.75, 3.05) is 7.11 Å². The fraction of sp³-hybridized carbons (Fsp3) is 0.500. The average molecular weight is 275 g/mol. The molecule has 0 heterocycles. The molecule has 1 amide bonds. The Hall–Kier alpha value is -1.84. The summed E-state index contributed by atoms with van der Waals surface area (Å²) >= 11 is 0. The number of carbonyl (C=O) groups is 2. The number of esters is 1. The van der Waals surface area contributed by atoms with E-state index in [-0.39, 0.29) is 17.8 Å². The standard InChI is InChI=1S/C16H21NO3/c1-20-16(19)14(11-12-7-3-2-4-8-12)17-15(18)13-9-5-6-10-13/h2-4,7-8,13-14H,5-6,9-11H2,1H3,(H,17,18)/t14-/m0/s1. The van der Waals surface area contributed by atoms with Crippen LogP contribution < -0.4 is 5.32 Å². The molecule has 1 N–H and O–H groups in total. The van der Waals surface area contributed by atoms with Crippen LogP contribution >= 0.6 is 0 Å². The van der Waals surface area contributed by atoms with E-state index in [0.717, 1.165) is 31.2 Å². The van der Waals surface area contributed by atoms with E-state index in [1.165, 1.54) is 7.11 Å². The summed E-state index contributed by atoms with van der Waals surface area (Å²) < 4.78 is 4.79. The number of ether oxygens (including phenoxy) is 1. The van der Waals surface area contributed by atoms with Crippen molar-refractivity contribution in [2.24, 2.45) is 5.92 Å². The number of hydrogen-bond donors (Lipinski definition) is 1. The summed E-state index contributed by atoms with van der Waals surface area (Å²) in [4.78, 5) is 24.0. The maximum absolute atomic E-state index is 12.1. The van der Waals surface area contributed by atoms with Crippen LogP contribution in [-0.2, 0) is 20.7 Å². The minimum absolute atomic E-state index is 0.0196. The molecule has 0 unspecified atom stereocenters. The summed E-state index contributed by atoms with van der Waals surface area (Å²) in [5.74, 6) is -0.355. The van der Waals surface area contributed by atoms with Crippen molar-refractivity contribution < 1.29 is 14.3 Å². The van der Waals surface area contributed by atoms with Crippen molar-refractivity contribution in [1.29, 1.82) is 0 Å².